The maximum absolute atomic E-state index is 6.30. The van der Waals surface area contributed by atoms with Crippen molar-refractivity contribution in [2.45, 2.75) is 51.0 Å². The van der Waals surface area contributed by atoms with E-state index >= 15 is 0 Å². The second-order valence-electron chi connectivity index (χ2n) is 8.09. The minimum Gasteiger partial charge on any atom is -0.490 e. The van der Waals surface area contributed by atoms with Crippen LogP contribution in [0.25, 0.3) is 0 Å². The lowest BCUT2D eigenvalue weighted by molar-refractivity contribution is 0.0996. The topological polar surface area (TPSA) is 24.5 Å². The number of hydrogen-bond donors (Lipinski definition) is 1. The Morgan fingerprint density at radius 1 is 1.04 bits per heavy atom. The summed E-state index contributed by atoms with van der Waals surface area (Å²) < 4.78 is 6.30. The molecule has 0 amide bonds. The first-order valence-corrected chi connectivity index (χ1v) is 11.1. The largest absolute Gasteiger partial charge is 0.490 e. The molecule has 0 unspecified atom stereocenters. The molecule has 150 valence electrons. The van der Waals surface area contributed by atoms with Gasteiger partial charge in [0.05, 0.1) is 0 Å². The number of rotatable bonds is 7. The monoisotopic (exact) mass is 398 g/mol. The number of halogens is 1. The Morgan fingerprint density at radius 3 is 2.68 bits per heavy atom. The van der Waals surface area contributed by atoms with Gasteiger partial charge in [-0.1, -0.05) is 23.7 Å². The molecule has 2 heterocycles. The molecule has 0 radical (unpaired) electrons. The van der Waals surface area contributed by atoms with Crippen LogP contribution < -0.4 is 10.1 Å². The lowest BCUT2D eigenvalue weighted by Gasteiger charge is -2.32. The summed E-state index contributed by atoms with van der Waals surface area (Å²) in [7, 11) is 0. The Morgan fingerprint density at radius 2 is 1.86 bits per heavy atom. The highest BCUT2D eigenvalue weighted by Gasteiger charge is 2.20. The van der Waals surface area contributed by atoms with Crippen LogP contribution in [0.4, 0.5) is 5.69 Å². The minimum atomic E-state index is 0.361. The van der Waals surface area contributed by atoms with Crippen LogP contribution in [0.2, 0.25) is 5.02 Å². The molecule has 1 fully saturated rings. The average molecular weight is 399 g/mol. The summed E-state index contributed by atoms with van der Waals surface area (Å²) in [5.41, 5.74) is 4.07. The Labute approximate surface area is 174 Å². The number of benzene rings is 2. The van der Waals surface area contributed by atoms with Crippen molar-refractivity contribution in [2.24, 2.45) is 0 Å². The van der Waals surface area contributed by atoms with Crippen molar-refractivity contribution in [3.63, 3.8) is 0 Å². The Hall–Kier alpha value is -1.71. The van der Waals surface area contributed by atoms with Crippen molar-refractivity contribution in [1.82, 2.24) is 4.90 Å². The number of nitrogens with one attached hydrogen (secondary N) is 1. The summed E-state index contributed by atoms with van der Waals surface area (Å²) in [5.74, 6) is 1.05. The zero-order chi connectivity index (χ0) is 19.2. The van der Waals surface area contributed by atoms with Crippen molar-refractivity contribution in [3.8, 4) is 5.75 Å². The molecule has 0 aliphatic carbocycles. The van der Waals surface area contributed by atoms with E-state index in [1.807, 2.05) is 12.1 Å². The number of anilines is 1. The van der Waals surface area contributed by atoms with Gasteiger partial charge in [-0.3, -0.25) is 0 Å². The van der Waals surface area contributed by atoms with Crippen molar-refractivity contribution >= 4 is 17.3 Å². The normalized spacial score (nSPS) is 17.8. The van der Waals surface area contributed by atoms with Gasteiger partial charge in [0.25, 0.3) is 0 Å². The Bertz CT molecular complexity index is 754. The second-order valence-corrected chi connectivity index (χ2v) is 8.53. The summed E-state index contributed by atoms with van der Waals surface area (Å²) >= 11 is 5.95. The number of nitrogens with zero attached hydrogens (tertiary/aromatic N) is 1. The number of aryl methyl sites for hydroxylation is 2. The van der Waals surface area contributed by atoms with Gasteiger partial charge in [0.2, 0.25) is 0 Å². The molecule has 0 spiro atoms. The van der Waals surface area contributed by atoms with E-state index in [1.165, 1.54) is 42.6 Å². The summed E-state index contributed by atoms with van der Waals surface area (Å²) in [5, 5.41) is 4.29. The van der Waals surface area contributed by atoms with E-state index in [-0.39, 0.29) is 0 Å². The highest BCUT2D eigenvalue weighted by atomic mass is 35.5. The van der Waals surface area contributed by atoms with Gasteiger partial charge in [0, 0.05) is 30.3 Å². The highest BCUT2D eigenvalue weighted by Crippen LogP contribution is 2.28. The first-order valence-electron chi connectivity index (χ1n) is 10.8. The summed E-state index contributed by atoms with van der Waals surface area (Å²) in [6.45, 7) is 4.59. The summed E-state index contributed by atoms with van der Waals surface area (Å²) in [6, 6.07) is 14.8. The van der Waals surface area contributed by atoms with Crippen LogP contribution in [0.15, 0.2) is 42.5 Å². The van der Waals surface area contributed by atoms with Crippen molar-refractivity contribution in [1.29, 1.82) is 0 Å². The zero-order valence-electron chi connectivity index (χ0n) is 16.6. The summed E-state index contributed by atoms with van der Waals surface area (Å²) in [4.78, 5) is 2.60. The average Bonchev–Trinajstić information content (AvgIpc) is 2.73. The van der Waals surface area contributed by atoms with Gasteiger partial charge in [-0.05, 0) is 92.9 Å². The van der Waals surface area contributed by atoms with Crippen molar-refractivity contribution in [3.05, 3.63) is 58.6 Å². The van der Waals surface area contributed by atoms with Crippen LogP contribution in [0.1, 0.15) is 43.2 Å². The second kappa shape index (κ2) is 9.67. The lowest BCUT2D eigenvalue weighted by atomic mass is 10.0. The van der Waals surface area contributed by atoms with E-state index in [0.29, 0.717) is 6.10 Å². The van der Waals surface area contributed by atoms with Crippen LogP contribution in [0.3, 0.4) is 0 Å². The van der Waals surface area contributed by atoms with E-state index in [2.05, 4.69) is 40.5 Å². The van der Waals surface area contributed by atoms with Gasteiger partial charge >= 0.3 is 0 Å². The molecule has 28 heavy (non-hydrogen) atoms. The van der Waals surface area contributed by atoms with Crippen LogP contribution in [-0.2, 0) is 12.8 Å². The van der Waals surface area contributed by atoms with Gasteiger partial charge in [0.15, 0.2) is 0 Å². The molecular formula is C24H31ClN2O. The van der Waals surface area contributed by atoms with E-state index in [0.717, 1.165) is 56.1 Å². The molecule has 2 aromatic rings. The fourth-order valence-corrected chi connectivity index (χ4v) is 4.41. The van der Waals surface area contributed by atoms with Gasteiger partial charge in [0.1, 0.15) is 11.9 Å². The molecule has 1 saturated heterocycles. The number of likely N-dealkylation sites (tertiary alicyclic amines) is 1. The van der Waals surface area contributed by atoms with Gasteiger partial charge in [-0.2, -0.15) is 0 Å². The maximum Gasteiger partial charge on any atom is 0.120 e. The van der Waals surface area contributed by atoms with Crippen molar-refractivity contribution in [2.75, 3.05) is 31.5 Å². The predicted octanol–water partition coefficient (Wildman–Crippen LogP) is 5.56. The number of fused-ring (bicyclic) bond motifs is 1. The fourth-order valence-electron chi connectivity index (χ4n) is 4.28. The van der Waals surface area contributed by atoms with E-state index in [9.17, 15) is 0 Å². The molecule has 0 saturated carbocycles. The first kappa shape index (κ1) is 19.6. The Balaban J connectivity index is 1.15. The van der Waals surface area contributed by atoms with Crippen molar-refractivity contribution < 1.29 is 4.74 Å². The lowest BCUT2D eigenvalue weighted by Crippen LogP contribution is -2.38. The molecule has 0 aromatic heterocycles. The highest BCUT2D eigenvalue weighted by molar-refractivity contribution is 6.30. The quantitative estimate of drug-likeness (QED) is 0.617. The molecule has 0 bridgehead atoms. The van der Waals surface area contributed by atoms with Crippen LogP contribution in [0.5, 0.6) is 5.75 Å². The fraction of sp³-hybridized carbons (Fsp3) is 0.500. The molecule has 4 heteroatoms. The smallest absolute Gasteiger partial charge is 0.120 e. The predicted molar refractivity (Wildman–Crippen MR) is 118 cm³/mol. The molecular weight excluding hydrogens is 368 g/mol. The minimum absolute atomic E-state index is 0.361. The molecule has 2 aliphatic rings. The van der Waals surface area contributed by atoms with Gasteiger partial charge in [-0.15, -0.1) is 0 Å². The molecule has 1 N–H and O–H groups in total. The van der Waals surface area contributed by atoms with Crippen LogP contribution >= 0.6 is 11.6 Å². The number of ether oxygens (including phenoxy) is 1. The molecule has 2 aliphatic heterocycles. The van der Waals surface area contributed by atoms with E-state index < -0.39 is 0 Å². The van der Waals surface area contributed by atoms with E-state index in [1.54, 1.807) is 0 Å². The van der Waals surface area contributed by atoms with Crippen LogP contribution in [0, 0.1) is 0 Å². The Kier molecular flexibility index (Phi) is 6.77. The molecule has 0 atom stereocenters. The van der Waals surface area contributed by atoms with Crippen LogP contribution in [-0.4, -0.2) is 37.2 Å². The third-order valence-corrected chi connectivity index (χ3v) is 6.21. The third kappa shape index (κ3) is 5.42. The SMILES string of the molecule is Clc1ccc(CCCCN2CCC(Oc3ccc4c(c3)CCCN4)CC2)cc1. The maximum atomic E-state index is 6.30. The molecule has 3 nitrogen and oxygen atoms in total. The first-order chi connectivity index (χ1) is 13.8. The number of piperidine rings is 1. The number of hydrogen-bond acceptors (Lipinski definition) is 3. The molecule has 4 rings (SSSR count). The third-order valence-electron chi connectivity index (χ3n) is 5.96. The summed E-state index contributed by atoms with van der Waals surface area (Å²) in [6.07, 6.45) is 8.64. The van der Waals surface area contributed by atoms with Gasteiger partial charge < -0.3 is 15.0 Å². The van der Waals surface area contributed by atoms with E-state index in [4.69, 9.17) is 16.3 Å². The molecule has 2 aromatic carbocycles. The zero-order valence-corrected chi connectivity index (χ0v) is 17.4. The standard InChI is InChI=1S/C24H31ClN2O/c25-21-8-6-19(7-9-21)4-1-2-15-27-16-12-22(13-17-27)28-23-10-11-24-20(18-23)5-3-14-26-24/h6-11,18,22,26H,1-5,12-17H2. The van der Waals surface area contributed by atoms with Gasteiger partial charge in [-0.25, -0.2) is 0 Å². The number of unbranched alkanes of at least 4 members (excludes halogenated alkanes) is 1.